The van der Waals surface area contributed by atoms with Gasteiger partial charge < -0.3 is 0 Å². The minimum Gasteiger partial charge on any atom is -0.297 e. The molecule has 0 aromatic rings. The molecule has 3 heteroatoms. The summed E-state index contributed by atoms with van der Waals surface area (Å²) in [6.45, 7) is 2.39. The van der Waals surface area contributed by atoms with E-state index in [9.17, 15) is 0 Å². The summed E-state index contributed by atoms with van der Waals surface area (Å²) in [6, 6.07) is 0.869. The fourth-order valence-electron chi connectivity index (χ4n) is 1.86. The third-order valence-corrected chi connectivity index (χ3v) is 3.94. The number of alkyl halides is 1. The van der Waals surface area contributed by atoms with E-state index in [4.69, 9.17) is 11.6 Å². The van der Waals surface area contributed by atoms with Gasteiger partial charge in [0.25, 0.3) is 0 Å². The number of fused-ring (bicyclic) bond motifs is 2. The zero-order chi connectivity index (χ0) is 6.97. The molecule has 2 aliphatic heterocycles. The lowest BCUT2D eigenvalue weighted by atomic mass is 10.2. The molecule has 2 bridgehead atoms. The first-order chi connectivity index (χ1) is 4.90. The van der Waals surface area contributed by atoms with Crippen LogP contribution in [-0.2, 0) is 0 Å². The molecule has 2 aliphatic rings. The van der Waals surface area contributed by atoms with Crippen molar-refractivity contribution in [3.63, 3.8) is 0 Å². The van der Waals surface area contributed by atoms with Crippen LogP contribution in [0.3, 0.4) is 0 Å². The van der Waals surface area contributed by atoms with Crippen molar-refractivity contribution < 1.29 is 0 Å². The zero-order valence-corrected chi connectivity index (χ0v) is 7.50. The van der Waals surface area contributed by atoms with Crippen molar-refractivity contribution in [3.8, 4) is 0 Å². The van der Waals surface area contributed by atoms with Gasteiger partial charge in [0.2, 0.25) is 0 Å². The van der Waals surface area contributed by atoms with Crippen molar-refractivity contribution in [2.24, 2.45) is 0 Å². The lowest BCUT2D eigenvalue weighted by Crippen LogP contribution is -2.35. The van der Waals surface area contributed by atoms with Gasteiger partial charge in [-0.15, -0.1) is 11.6 Å². The standard InChI is InChI=1S/C7H12ClNS/c8-1-2-9-4-7-3-6(9)5-10-7/h6-7H,1-5H2. The molecule has 58 valence electrons. The Balaban J connectivity index is 1.90. The fourth-order valence-corrected chi connectivity index (χ4v) is 3.57. The summed E-state index contributed by atoms with van der Waals surface area (Å²) in [5.74, 6) is 2.15. The van der Waals surface area contributed by atoms with Gasteiger partial charge in [-0.2, -0.15) is 11.8 Å². The van der Waals surface area contributed by atoms with Gasteiger partial charge in [0.05, 0.1) is 0 Å². The first-order valence-electron chi connectivity index (χ1n) is 3.82. The number of halogens is 1. The lowest BCUT2D eigenvalue weighted by Gasteiger charge is -2.24. The van der Waals surface area contributed by atoms with Gasteiger partial charge in [0.15, 0.2) is 0 Å². The predicted octanol–water partition coefficient (Wildman–Crippen LogP) is 1.41. The maximum Gasteiger partial charge on any atom is 0.0351 e. The Bertz CT molecular complexity index is 131. The van der Waals surface area contributed by atoms with Gasteiger partial charge in [0, 0.05) is 36.0 Å². The van der Waals surface area contributed by atoms with Crippen molar-refractivity contribution in [2.45, 2.75) is 17.7 Å². The SMILES string of the molecule is ClCCN1CC2CC1CS2. The second kappa shape index (κ2) is 2.92. The van der Waals surface area contributed by atoms with Crippen LogP contribution in [0.25, 0.3) is 0 Å². The van der Waals surface area contributed by atoms with Gasteiger partial charge >= 0.3 is 0 Å². The molecule has 2 unspecified atom stereocenters. The first-order valence-corrected chi connectivity index (χ1v) is 5.40. The van der Waals surface area contributed by atoms with Gasteiger partial charge in [0.1, 0.15) is 0 Å². The van der Waals surface area contributed by atoms with Crippen LogP contribution in [0.5, 0.6) is 0 Å². The molecular weight excluding hydrogens is 166 g/mol. The molecule has 2 fully saturated rings. The molecular formula is C7H12ClNS. The molecule has 0 amide bonds. The van der Waals surface area contributed by atoms with Gasteiger partial charge in [-0.05, 0) is 6.42 Å². The highest BCUT2D eigenvalue weighted by Crippen LogP contribution is 2.36. The highest BCUT2D eigenvalue weighted by molar-refractivity contribution is 8.00. The molecule has 0 spiro atoms. The van der Waals surface area contributed by atoms with Gasteiger partial charge in [-0.3, -0.25) is 4.90 Å². The third kappa shape index (κ3) is 1.17. The minimum absolute atomic E-state index is 0.799. The predicted molar refractivity (Wildman–Crippen MR) is 46.9 cm³/mol. The summed E-state index contributed by atoms with van der Waals surface area (Å²) in [7, 11) is 0. The minimum atomic E-state index is 0.799. The van der Waals surface area contributed by atoms with Crippen LogP contribution in [0.1, 0.15) is 6.42 Å². The van der Waals surface area contributed by atoms with Crippen LogP contribution in [0.2, 0.25) is 0 Å². The van der Waals surface area contributed by atoms with Gasteiger partial charge in [-0.1, -0.05) is 0 Å². The van der Waals surface area contributed by atoms with Crippen LogP contribution in [0, 0.1) is 0 Å². The van der Waals surface area contributed by atoms with Crippen LogP contribution in [0.15, 0.2) is 0 Å². The van der Waals surface area contributed by atoms with E-state index in [0.717, 1.165) is 23.7 Å². The van der Waals surface area contributed by atoms with Crippen LogP contribution in [0.4, 0.5) is 0 Å². The van der Waals surface area contributed by atoms with E-state index in [0.29, 0.717) is 0 Å². The third-order valence-electron chi connectivity index (χ3n) is 2.39. The number of thioether (sulfide) groups is 1. The van der Waals surface area contributed by atoms with E-state index in [1.165, 1.54) is 18.7 Å². The second-order valence-electron chi connectivity index (χ2n) is 3.03. The smallest absolute Gasteiger partial charge is 0.0351 e. The largest absolute Gasteiger partial charge is 0.297 e. The number of hydrogen-bond acceptors (Lipinski definition) is 2. The topological polar surface area (TPSA) is 3.24 Å². The molecule has 0 aliphatic carbocycles. The van der Waals surface area contributed by atoms with E-state index in [1.807, 2.05) is 0 Å². The average Bonchev–Trinajstić information content (AvgIpc) is 2.48. The fraction of sp³-hybridized carbons (Fsp3) is 1.00. The monoisotopic (exact) mass is 177 g/mol. The Kier molecular flexibility index (Phi) is 2.12. The van der Waals surface area contributed by atoms with Crippen LogP contribution < -0.4 is 0 Å². The highest BCUT2D eigenvalue weighted by Gasteiger charge is 2.37. The Hall–Kier alpha value is 0.600. The Labute approximate surface area is 71.1 Å². The summed E-state index contributed by atoms with van der Waals surface area (Å²) in [5.41, 5.74) is 0. The summed E-state index contributed by atoms with van der Waals surface area (Å²) < 4.78 is 0. The van der Waals surface area contributed by atoms with E-state index in [-0.39, 0.29) is 0 Å². The van der Waals surface area contributed by atoms with E-state index >= 15 is 0 Å². The summed E-state index contributed by atoms with van der Waals surface area (Å²) in [6.07, 6.45) is 1.42. The van der Waals surface area contributed by atoms with Crippen molar-refractivity contribution in [3.05, 3.63) is 0 Å². The van der Waals surface area contributed by atoms with Crippen molar-refractivity contribution >= 4 is 23.4 Å². The Morgan fingerprint density at radius 3 is 3.00 bits per heavy atom. The van der Waals surface area contributed by atoms with Crippen molar-refractivity contribution in [1.82, 2.24) is 4.90 Å². The molecule has 0 saturated carbocycles. The van der Waals surface area contributed by atoms with Crippen molar-refractivity contribution in [1.29, 1.82) is 0 Å². The Morgan fingerprint density at radius 1 is 1.60 bits per heavy atom. The molecule has 0 radical (unpaired) electrons. The number of hydrogen-bond donors (Lipinski definition) is 0. The molecule has 2 heterocycles. The molecule has 0 aromatic heterocycles. The maximum atomic E-state index is 5.67. The van der Waals surface area contributed by atoms with Crippen LogP contribution >= 0.6 is 23.4 Å². The maximum absolute atomic E-state index is 5.67. The van der Waals surface area contributed by atoms with Crippen LogP contribution in [-0.4, -0.2) is 40.9 Å². The number of likely N-dealkylation sites (tertiary alicyclic amines) is 1. The molecule has 1 nitrogen and oxygen atoms in total. The summed E-state index contributed by atoms with van der Waals surface area (Å²) in [4.78, 5) is 2.54. The zero-order valence-electron chi connectivity index (χ0n) is 5.92. The first kappa shape index (κ1) is 7.26. The highest BCUT2D eigenvalue weighted by atomic mass is 35.5. The van der Waals surface area contributed by atoms with E-state index in [2.05, 4.69) is 16.7 Å². The van der Waals surface area contributed by atoms with E-state index in [1.54, 1.807) is 0 Å². The average molecular weight is 178 g/mol. The second-order valence-corrected chi connectivity index (χ2v) is 4.74. The molecule has 2 saturated heterocycles. The van der Waals surface area contributed by atoms with Gasteiger partial charge in [-0.25, -0.2) is 0 Å². The normalized spacial score (nSPS) is 39.3. The van der Waals surface area contributed by atoms with Crippen molar-refractivity contribution in [2.75, 3.05) is 24.7 Å². The molecule has 0 aromatic carbocycles. The molecule has 10 heavy (non-hydrogen) atoms. The molecule has 2 atom stereocenters. The quantitative estimate of drug-likeness (QED) is 0.587. The summed E-state index contributed by atoms with van der Waals surface area (Å²) in [5, 5.41) is 0.938. The van der Waals surface area contributed by atoms with E-state index < -0.39 is 0 Å². The number of nitrogens with zero attached hydrogens (tertiary/aromatic N) is 1. The number of rotatable bonds is 2. The summed E-state index contributed by atoms with van der Waals surface area (Å²) >= 11 is 7.81. The molecule has 2 rings (SSSR count). The molecule has 0 N–H and O–H groups in total. The Morgan fingerprint density at radius 2 is 2.50 bits per heavy atom. The lowest BCUT2D eigenvalue weighted by molar-refractivity contribution is 0.286.